The second kappa shape index (κ2) is 7.82. The van der Waals surface area contributed by atoms with E-state index >= 15 is 0 Å². The van der Waals surface area contributed by atoms with E-state index in [1.165, 1.54) is 12.2 Å². The zero-order valence-corrected chi connectivity index (χ0v) is 17.9. The molecular formula is C21H20BrN3O5. The van der Waals surface area contributed by atoms with Crippen LogP contribution in [0.15, 0.2) is 53.0 Å². The van der Waals surface area contributed by atoms with Crippen LogP contribution in [-0.2, 0) is 19.2 Å². The molecule has 2 saturated heterocycles. The Kier molecular flexibility index (Phi) is 5.35. The molecule has 2 aliphatic rings. The Bertz CT molecular complexity index is 1010. The van der Waals surface area contributed by atoms with Gasteiger partial charge in [0.2, 0.25) is 11.8 Å². The van der Waals surface area contributed by atoms with E-state index < -0.39 is 41.8 Å². The molecule has 2 fully saturated rings. The third-order valence-corrected chi connectivity index (χ3v) is 5.96. The summed E-state index contributed by atoms with van der Waals surface area (Å²) in [6.45, 7) is 1.57. The van der Waals surface area contributed by atoms with Gasteiger partial charge in [0, 0.05) is 10.0 Å². The second-order valence-corrected chi connectivity index (χ2v) is 8.08. The zero-order valence-electron chi connectivity index (χ0n) is 16.3. The standard InChI is InChI=1S/C21H20BrN3O5/c1-11(19(23)26)25-17(14-10-12(22)8-9-15(14)29-2)16-18(30-25)21(28)24(20(16)27)13-6-4-3-5-7-13/h3-11,16-18H,1-2H3,(H2,23,26). The topological polar surface area (TPSA) is 102 Å². The molecule has 30 heavy (non-hydrogen) atoms. The van der Waals surface area contributed by atoms with E-state index in [0.717, 1.165) is 9.37 Å². The number of hydrogen-bond donors (Lipinski definition) is 1. The molecule has 0 spiro atoms. The highest BCUT2D eigenvalue weighted by molar-refractivity contribution is 9.10. The van der Waals surface area contributed by atoms with E-state index in [9.17, 15) is 14.4 Å². The highest BCUT2D eigenvalue weighted by Gasteiger charge is 2.61. The van der Waals surface area contributed by atoms with E-state index in [2.05, 4.69) is 15.9 Å². The SMILES string of the molecule is COc1ccc(Br)cc1C1C2C(=O)N(c3ccccc3)C(=O)C2ON1C(C)C(N)=O. The maximum absolute atomic E-state index is 13.4. The fourth-order valence-electron chi connectivity index (χ4n) is 3.99. The summed E-state index contributed by atoms with van der Waals surface area (Å²) in [6, 6.07) is 12.4. The third-order valence-electron chi connectivity index (χ3n) is 5.46. The molecule has 2 aromatic carbocycles. The molecule has 0 aliphatic carbocycles. The molecule has 3 amide bonds. The summed E-state index contributed by atoms with van der Waals surface area (Å²) >= 11 is 3.44. The lowest BCUT2D eigenvalue weighted by Gasteiger charge is -2.31. The van der Waals surface area contributed by atoms with Gasteiger partial charge in [0.25, 0.3) is 5.91 Å². The van der Waals surface area contributed by atoms with Gasteiger partial charge in [-0.1, -0.05) is 34.1 Å². The number of methoxy groups -OCH3 is 1. The molecular weight excluding hydrogens is 454 g/mol. The van der Waals surface area contributed by atoms with Crippen LogP contribution in [-0.4, -0.2) is 42.0 Å². The van der Waals surface area contributed by atoms with Crippen LogP contribution in [0, 0.1) is 5.92 Å². The number of carbonyl (C=O) groups is 3. The maximum atomic E-state index is 13.4. The van der Waals surface area contributed by atoms with Crippen LogP contribution in [0.2, 0.25) is 0 Å². The first-order valence-electron chi connectivity index (χ1n) is 9.36. The molecule has 8 nitrogen and oxygen atoms in total. The number of anilines is 1. The number of ether oxygens (including phenoxy) is 1. The molecule has 0 bridgehead atoms. The van der Waals surface area contributed by atoms with Crippen molar-refractivity contribution >= 4 is 39.3 Å². The first-order valence-corrected chi connectivity index (χ1v) is 10.1. The Hall–Kier alpha value is -2.75. The van der Waals surface area contributed by atoms with Gasteiger partial charge in [-0.15, -0.1) is 0 Å². The van der Waals surface area contributed by atoms with Crippen molar-refractivity contribution in [2.24, 2.45) is 11.7 Å². The van der Waals surface area contributed by atoms with Gasteiger partial charge in [-0.3, -0.25) is 19.2 Å². The number of fused-ring (bicyclic) bond motifs is 1. The summed E-state index contributed by atoms with van der Waals surface area (Å²) in [4.78, 5) is 45.5. The zero-order chi connectivity index (χ0) is 21.6. The number of primary amides is 1. The van der Waals surface area contributed by atoms with E-state index in [-0.39, 0.29) is 0 Å². The average molecular weight is 474 g/mol. The summed E-state index contributed by atoms with van der Waals surface area (Å²) in [5.41, 5.74) is 6.60. The van der Waals surface area contributed by atoms with Gasteiger partial charge < -0.3 is 10.5 Å². The molecule has 2 heterocycles. The number of benzene rings is 2. The van der Waals surface area contributed by atoms with Gasteiger partial charge in [0.15, 0.2) is 6.10 Å². The lowest BCUT2D eigenvalue weighted by atomic mass is 9.89. The molecule has 156 valence electrons. The van der Waals surface area contributed by atoms with Gasteiger partial charge in [-0.25, -0.2) is 4.90 Å². The predicted octanol–water partition coefficient (Wildman–Crippen LogP) is 2.18. The molecule has 0 saturated carbocycles. The monoisotopic (exact) mass is 473 g/mol. The minimum Gasteiger partial charge on any atom is -0.496 e. The highest BCUT2D eigenvalue weighted by atomic mass is 79.9. The summed E-state index contributed by atoms with van der Waals surface area (Å²) in [6.07, 6.45) is -1.06. The van der Waals surface area contributed by atoms with Crippen molar-refractivity contribution in [1.29, 1.82) is 0 Å². The van der Waals surface area contributed by atoms with Gasteiger partial charge in [0.05, 0.1) is 24.8 Å². The minimum atomic E-state index is -1.06. The first kappa shape index (κ1) is 20.5. The van der Waals surface area contributed by atoms with Crippen LogP contribution in [0.3, 0.4) is 0 Å². The van der Waals surface area contributed by atoms with Gasteiger partial charge in [0.1, 0.15) is 11.8 Å². The number of hydroxylamine groups is 2. The Balaban J connectivity index is 1.83. The minimum absolute atomic E-state index is 0.401. The number of para-hydroxylation sites is 1. The van der Waals surface area contributed by atoms with Crippen molar-refractivity contribution in [2.75, 3.05) is 12.0 Å². The third kappa shape index (κ3) is 3.19. The molecule has 2 aliphatic heterocycles. The number of rotatable bonds is 5. The second-order valence-electron chi connectivity index (χ2n) is 7.17. The summed E-state index contributed by atoms with van der Waals surface area (Å²) in [7, 11) is 1.51. The summed E-state index contributed by atoms with van der Waals surface area (Å²) in [5, 5.41) is 1.35. The number of nitrogens with two attached hydrogens (primary N) is 1. The van der Waals surface area contributed by atoms with E-state index in [0.29, 0.717) is 17.0 Å². The van der Waals surface area contributed by atoms with Gasteiger partial charge in [-0.2, -0.15) is 5.06 Å². The number of hydrogen-bond acceptors (Lipinski definition) is 6. The number of carbonyl (C=O) groups excluding carboxylic acids is 3. The predicted molar refractivity (Wildman–Crippen MR) is 111 cm³/mol. The van der Waals surface area contributed by atoms with Crippen molar-refractivity contribution in [3.63, 3.8) is 0 Å². The lowest BCUT2D eigenvalue weighted by Crippen LogP contribution is -2.45. The first-order chi connectivity index (χ1) is 14.3. The molecule has 4 rings (SSSR count). The molecule has 2 aromatic rings. The van der Waals surface area contributed by atoms with Crippen LogP contribution in [0.5, 0.6) is 5.75 Å². The number of halogens is 1. The largest absolute Gasteiger partial charge is 0.496 e. The number of amides is 3. The molecule has 2 N–H and O–H groups in total. The highest BCUT2D eigenvalue weighted by Crippen LogP contribution is 2.49. The Morgan fingerprint density at radius 2 is 1.87 bits per heavy atom. The van der Waals surface area contributed by atoms with Crippen molar-refractivity contribution < 1.29 is 24.0 Å². The van der Waals surface area contributed by atoms with Crippen molar-refractivity contribution in [3.8, 4) is 5.75 Å². The number of imide groups is 1. The van der Waals surface area contributed by atoms with Gasteiger partial charge in [-0.05, 0) is 37.3 Å². The summed E-state index contributed by atoms with van der Waals surface area (Å²) in [5.74, 6) is -1.86. The normalized spacial score (nSPS) is 24.8. The Labute approximate surface area is 181 Å². The molecule has 4 unspecified atom stereocenters. The number of nitrogens with zero attached hydrogens (tertiary/aromatic N) is 2. The maximum Gasteiger partial charge on any atom is 0.265 e. The van der Waals surface area contributed by atoms with Crippen molar-refractivity contribution in [3.05, 3.63) is 58.6 Å². The average Bonchev–Trinajstić information content (AvgIpc) is 3.24. The van der Waals surface area contributed by atoms with E-state index in [1.807, 2.05) is 0 Å². The van der Waals surface area contributed by atoms with Crippen LogP contribution < -0.4 is 15.4 Å². The van der Waals surface area contributed by atoms with E-state index in [4.69, 9.17) is 15.3 Å². The lowest BCUT2D eigenvalue weighted by molar-refractivity contribution is -0.192. The van der Waals surface area contributed by atoms with Crippen LogP contribution >= 0.6 is 15.9 Å². The fourth-order valence-corrected chi connectivity index (χ4v) is 4.37. The summed E-state index contributed by atoms with van der Waals surface area (Å²) < 4.78 is 6.25. The van der Waals surface area contributed by atoms with Gasteiger partial charge >= 0.3 is 0 Å². The van der Waals surface area contributed by atoms with E-state index in [1.54, 1.807) is 55.5 Å². The van der Waals surface area contributed by atoms with Crippen LogP contribution in [0.4, 0.5) is 5.69 Å². The molecule has 4 atom stereocenters. The fraction of sp³-hybridized carbons (Fsp3) is 0.286. The quantitative estimate of drug-likeness (QED) is 0.667. The smallest absolute Gasteiger partial charge is 0.265 e. The van der Waals surface area contributed by atoms with Crippen molar-refractivity contribution in [1.82, 2.24) is 5.06 Å². The van der Waals surface area contributed by atoms with Crippen molar-refractivity contribution in [2.45, 2.75) is 25.1 Å². The Morgan fingerprint density at radius 3 is 2.50 bits per heavy atom. The van der Waals surface area contributed by atoms with Crippen LogP contribution in [0.25, 0.3) is 0 Å². The molecule has 9 heteroatoms. The Morgan fingerprint density at radius 1 is 1.17 bits per heavy atom. The molecule has 0 aromatic heterocycles. The van der Waals surface area contributed by atoms with Crippen LogP contribution in [0.1, 0.15) is 18.5 Å². The molecule has 0 radical (unpaired) electrons.